The fourth-order valence-corrected chi connectivity index (χ4v) is 4.16. The van der Waals surface area contributed by atoms with Gasteiger partial charge in [0.2, 0.25) is 0 Å². The summed E-state index contributed by atoms with van der Waals surface area (Å²) in [6.07, 6.45) is 2.35. The molecule has 33 heavy (non-hydrogen) atoms. The summed E-state index contributed by atoms with van der Waals surface area (Å²) in [4.78, 5) is 40.4. The van der Waals surface area contributed by atoms with Gasteiger partial charge < -0.3 is 19.7 Å². The number of para-hydroxylation sites is 1. The second-order valence-corrected chi connectivity index (χ2v) is 8.16. The minimum Gasteiger partial charge on any atom is -0.483 e. The number of hydrogen-bond donors (Lipinski definition) is 1. The number of carbonyl (C=O) groups is 3. The van der Waals surface area contributed by atoms with E-state index in [9.17, 15) is 14.4 Å². The minimum atomic E-state index is -0.377. The van der Waals surface area contributed by atoms with Crippen molar-refractivity contribution < 1.29 is 23.9 Å². The molecule has 1 unspecified atom stereocenters. The molecule has 0 saturated carbocycles. The Bertz CT molecular complexity index is 1000. The number of carbonyl (C=O) groups excluding carboxylic acids is 3. The number of amides is 3. The average Bonchev–Trinajstić information content (AvgIpc) is 3.53. The van der Waals surface area contributed by atoms with Gasteiger partial charge in [-0.25, -0.2) is 4.79 Å². The lowest BCUT2D eigenvalue weighted by Gasteiger charge is -2.22. The van der Waals surface area contributed by atoms with Gasteiger partial charge in [-0.2, -0.15) is 0 Å². The van der Waals surface area contributed by atoms with Crippen LogP contribution >= 0.6 is 0 Å². The van der Waals surface area contributed by atoms with E-state index in [-0.39, 0.29) is 30.6 Å². The fraction of sp³-hybridized carbons (Fsp3) is 0.400. The summed E-state index contributed by atoms with van der Waals surface area (Å²) in [5.74, 6) is 0.363. The maximum absolute atomic E-state index is 12.9. The van der Waals surface area contributed by atoms with Crippen molar-refractivity contribution in [2.24, 2.45) is 0 Å². The highest BCUT2D eigenvalue weighted by Gasteiger charge is 2.24. The first kappa shape index (κ1) is 22.6. The van der Waals surface area contributed by atoms with Crippen LogP contribution in [0.3, 0.4) is 0 Å². The number of ether oxygens (including phenoxy) is 2. The van der Waals surface area contributed by atoms with Crippen LogP contribution in [-0.2, 0) is 9.53 Å². The first-order valence-electron chi connectivity index (χ1n) is 11.4. The Morgan fingerprint density at radius 2 is 1.79 bits per heavy atom. The summed E-state index contributed by atoms with van der Waals surface area (Å²) in [5, 5.41) is 3.06. The van der Waals surface area contributed by atoms with Crippen LogP contribution in [0.15, 0.2) is 48.5 Å². The number of benzene rings is 2. The minimum absolute atomic E-state index is 0.0121. The van der Waals surface area contributed by atoms with Crippen LogP contribution in [0, 0.1) is 0 Å². The maximum atomic E-state index is 12.9. The predicted molar refractivity (Wildman–Crippen MR) is 123 cm³/mol. The third kappa shape index (κ3) is 5.27. The number of hydrogen-bond acceptors (Lipinski definition) is 5. The van der Waals surface area contributed by atoms with Crippen LogP contribution in [0.1, 0.15) is 48.1 Å². The van der Waals surface area contributed by atoms with Crippen molar-refractivity contribution in [1.82, 2.24) is 10.2 Å². The summed E-state index contributed by atoms with van der Waals surface area (Å²) < 4.78 is 10.8. The van der Waals surface area contributed by atoms with Crippen LogP contribution < -0.4 is 15.0 Å². The SMILES string of the molecule is CCC(NC(=O)c1ccc(N2CCOC2=O)cc1)c1ccccc1OCC(=O)N1CCCC1. The van der Waals surface area contributed by atoms with Crippen molar-refractivity contribution in [2.75, 3.05) is 37.7 Å². The quantitative estimate of drug-likeness (QED) is 0.663. The standard InChI is InChI=1S/C25H29N3O5/c1-2-21(20-7-3-4-8-22(20)33-17-23(29)27-13-5-6-14-27)26-24(30)18-9-11-19(12-10-18)28-15-16-32-25(28)31/h3-4,7-12,21H,2,5-6,13-17H2,1H3,(H,26,30). The second kappa shape index (κ2) is 10.4. The summed E-state index contributed by atoms with van der Waals surface area (Å²) in [6.45, 7) is 4.41. The lowest BCUT2D eigenvalue weighted by Crippen LogP contribution is -2.32. The van der Waals surface area contributed by atoms with Gasteiger partial charge in [-0.1, -0.05) is 25.1 Å². The van der Waals surface area contributed by atoms with Gasteiger partial charge in [0.15, 0.2) is 6.61 Å². The zero-order valence-corrected chi connectivity index (χ0v) is 18.8. The van der Waals surface area contributed by atoms with E-state index in [4.69, 9.17) is 9.47 Å². The summed E-state index contributed by atoms with van der Waals surface area (Å²) >= 11 is 0. The zero-order chi connectivity index (χ0) is 23.2. The molecule has 2 aromatic rings. The van der Waals surface area contributed by atoms with E-state index in [0.29, 0.717) is 36.6 Å². The Labute approximate surface area is 193 Å². The van der Waals surface area contributed by atoms with Crippen molar-refractivity contribution >= 4 is 23.6 Å². The predicted octanol–water partition coefficient (Wildman–Crippen LogP) is 3.53. The van der Waals surface area contributed by atoms with E-state index in [1.54, 1.807) is 24.3 Å². The highest BCUT2D eigenvalue weighted by Crippen LogP contribution is 2.28. The second-order valence-electron chi connectivity index (χ2n) is 8.16. The number of nitrogens with one attached hydrogen (secondary N) is 1. The maximum Gasteiger partial charge on any atom is 0.414 e. The van der Waals surface area contributed by atoms with Crippen molar-refractivity contribution in [3.05, 3.63) is 59.7 Å². The molecule has 2 saturated heterocycles. The monoisotopic (exact) mass is 451 g/mol. The van der Waals surface area contributed by atoms with E-state index >= 15 is 0 Å². The smallest absolute Gasteiger partial charge is 0.414 e. The van der Waals surface area contributed by atoms with Crippen molar-refractivity contribution in [1.29, 1.82) is 0 Å². The van der Waals surface area contributed by atoms with Gasteiger partial charge in [0, 0.05) is 29.9 Å². The molecular formula is C25H29N3O5. The largest absolute Gasteiger partial charge is 0.483 e. The summed E-state index contributed by atoms with van der Waals surface area (Å²) in [7, 11) is 0. The third-order valence-electron chi connectivity index (χ3n) is 6.02. The van der Waals surface area contributed by atoms with Crippen molar-refractivity contribution in [2.45, 2.75) is 32.2 Å². The van der Waals surface area contributed by atoms with Crippen LogP contribution in [-0.4, -0.2) is 55.7 Å². The number of rotatable bonds is 8. The molecular weight excluding hydrogens is 422 g/mol. The summed E-state index contributed by atoms with van der Waals surface area (Å²) in [6, 6.07) is 14.1. The van der Waals surface area contributed by atoms with Crippen molar-refractivity contribution in [3.8, 4) is 5.75 Å². The average molecular weight is 452 g/mol. The number of nitrogens with zero attached hydrogens (tertiary/aromatic N) is 2. The number of likely N-dealkylation sites (tertiary alicyclic amines) is 1. The molecule has 2 aliphatic rings. The Kier molecular flexibility index (Phi) is 7.12. The molecule has 0 bridgehead atoms. The molecule has 1 N–H and O–H groups in total. The van der Waals surface area contributed by atoms with E-state index in [2.05, 4.69) is 5.32 Å². The molecule has 4 rings (SSSR count). The van der Waals surface area contributed by atoms with Crippen LogP contribution in [0.25, 0.3) is 0 Å². The molecule has 0 aromatic heterocycles. The highest BCUT2D eigenvalue weighted by atomic mass is 16.6. The first-order valence-corrected chi connectivity index (χ1v) is 11.4. The molecule has 3 amide bonds. The molecule has 2 aliphatic heterocycles. The van der Waals surface area contributed by atoms with E-state index in [1.165, 1.54) is 4.90 Å². The van der Waals surface area contributed by atoms with E-state index < -0.39 is 0 Å². The molecule has 2 aromatic carbocycles. The Morgan fingerprint density at radius 1 is 1.06 bits per heavy atom. The van der Waals surface area contributed by atoms with Gasteiger partial charge in [0.1, 0.15) is 12.4 Å². The van der Waals surface area contributed by atoms with Gasteiger partial charge in [0.05, 0.1) is 12.6 Å². The molecule has 0 spiro atoms. The topological polar surface area (TPSA) is 88.2 Å². The molecule has 174 valence electrons. The summed E-state index contributed by atoms with van der Waals surface area (Å²) in [5.41, 5.74) is 2.02. The molecule has 8 nitrogen and oxygen atoms in total. The fourth-order valence-electron chi connectivity index (χ4n) is 4.16. The zero-order valence-electron chi connectivity index (χ0n) is 18.8. The van der Waals surface area contributed by atoms with Gasteiger partial charge in [-0.15, -0.1) is 0 Å². The van der Waals surface area contributed by atoms with Gasteiger partial charge in [-0.3, -0.25) is 14.5 Å². The molecule has 2 fully saturated rings. The van der Waals surface area contributed by atoms with E-state index in [0.717, 1.165) is 31.5 Å². The normalized spacial score (nSPS) is 16.5. The van der Waals surface area contributed by atoms with Gasteiger partial charge in [-0.05, 0) is 49.6 Å². The molecule has 0 radical (unpaired) electrons. The van der Waals surface area contributed by atoms with Crippen molar-refractivity contribution in [3.63, 3.8) is 0 Å². The molecule has 0 aliphatic carbocycles. The van der Waals surface area contributed by atoms with Crippen LogP contribution in [0.2, 0.25) is 0 Å². The lowest BCUT2D eigenvalue weighted by molar-refractivity contribution is -0.132. The first-order chi connectivity index (χ1) is 16.1. The van der Waals surface area contributed by atoms with Crippen LogP contribution in [0.5, 0.6) is 5.75 Å². The lowest BCUT2D eigenvalue weighted by atomic mass is 10.0. The number of cyclic esters (lactones) is 1. The van der Waals surface area contributed by atoms with E-state index in [1.807, 2.05) is 36.1 Å². The molecule has 1 atom stereocenters. The Morgan fingerprint density at radius 3 is 2.45 bits per heavy atom. The highest BCUT2D eigenvalue weighted by molar-refractivity contribution is 5.96. The Hall–Kier alpha value is -3.55. The molecule has 8 heteroatoms. The third-order valence-corrected chi connectivity index (χ3v) is 6.02. The van der Waals surface area contributed by atoms with Gasteiger partial charge >= 0.3 is 6.09 Å². The van der Waals surface area contributed by atoms with Gasteiger partial charge in [0.25, 0.3) is 11.8 Å². The Balaban J connectivity index is 1.41. The molecule has 2 heterocycles. The number of anilines is 1. The van der Waals surface area contributed by atoms with Crippen LogP contribution in [0.4, 0.5) is 10.5 Å².